The van der Waals surface area contributed by atoms with Gasteiger partial charge in [0.1, 0.15) is 17.6 Å². The summed E-state index contributed by atoms with van der Waals surface area (Å²) in [6.07, 6.45) is -0.662. The number of ether oxygens (including phenoxy) is 3. The number of hydrogen-bond donors (Lipinski definition) is 0. The predicted octanol–water partition coefficient (Wildman–Crippen LogP) is 4.39. The maximum atomic E-state index is 13.5. The summed E-state index contributed by atoms with van der Waals surface area (Å²) in [4.78, 5) is 14.8. The summed E-state index contributed by atoms with van der Waals surface area (Å²) in [6.45, 7) is 2.53. The highest BCUT2D eigenvalue weighted by Crippen LogP contribution is 2.40. The van der Waals surface area contributed by atoms with Crippen LogP contribution in [-0.4, -0.2) is 23.7 Å². The number of carbonyl (C=O) groups is 1. The van der Waals surface area contributed by atoms with Gasteiger partial charge in [-0.05, 0) is 53.9 Å². The second-order valence-corrected chi connectivity index (χ2v) is 7.45. The Morgan fingerprint density at radius 3 is 2.60 bits per heavy atom. The molecule has 1 fully saturated rings. The Bertz CT molecular complexity index is 1100. The molecule has 0 N–H and O–H groups in total. The lowest BCUT2D eigenvalue weighted by Gasteiger charge is -2.47. The van der Waals surface area contributed by atoms with Crippen molar-refractivity contribution in [2.45, 2.75) is 25.6 Å². The molecule has 5 rings (SSSR count). The Balaban J connectivity index is 1.43. The van der Waals surface area contributed by atoms with Crippen LogP contribution in [0.5, 0.6) is 17.2 Å². The fourth-order valence-electron chi connectivity index (χ4n) is 3.88. The predicted molar refractivity (Wildman–Crippen MR) is 108 cm³/mol. The first-order valence-electron chi connectivity index (χ1n) is 9.77. The molecule has 0 aliphatic carbocycles. The molecule has 30 heavy (non-hydrogen) atoms. The van der Waals surface area contributed by atoms with Crippen molar-refractivity contribution in [2.75, 3.05) is 6.79 Å². The molecular formula is C24H20FNO4. The Labute approximate surface area is 173 Å². The van der Waals surface area contributed by atoms with E-state index in [1.165, 1.54) is 12.1 Å². The van der Waals surface area contributed by atoms with Crippen LogP contribution in [0, 0.1) is 12.7 Å². The molecule has 5 nitrogen and oxygen atoms in total. The van der Waals surface area contributed by atoms with E-state index in [0.29, 0.717) is 23.8 Å². The van der Waals surface area contributed by atoms with Gasteiger partial charge in [0.05, 0.1) is 0 Å². The number of carbonyl (C=O) groups excluding carboxylic acids is 1. The number of halogens is 1. The molecule has 0 radical (unpaired) electrons. The lowest BCUT2D eigenvalue weighted by molar-refractivity contribution is -0.165. The number of nitrogens with zero attached hydrogens (tertiary/aromatic N) is 1. The standard InChI is InChI=1S/C24H20FNO4/c1-15-4-2-3-5-19(15)30-23-22(17-7-9-18(25)10-8-17)26(24(23)27)13-16-6-11-20-21(12-16)29-14-28-20/h2-12,22-23H,13-14H2,1H3/t22-,23-/m0/s1. The van der Waals surface area contributed by atoms with Crippen molar-refractivity contribution < 1.29 is 23.4 Å². The number of benzene rings is 3. The quantitative estimate of drug-likeness (QED) is 0.591. The first-order chi connectivity index (χ1) is 14.6. The van der Waals surface area contributed by atoms with E-state index >= 15 is 0 Å². The molecule has 6 heteroatoms. The summed E-state index contributed by atoms with van der Waals surface area (Å²) in [5, 5.41) is 0. The third kappa shape index (κ3) is 3.24. The van der Waals surface area contributed by atoms with E-state index in [2.05, 4.69) is 0 Å². The lowest BCUT2D eigenvalue weighted by Crippen LogP contribution is -2.60. The number of aryl methyl sites for hydroxylation is 1. The molecule has 0 saturated carbocycles. The molecule has 3 aromatic rings. The van der Waals surface area contributed by atoms with Gasteiger partial charge in [-0.3, -0.25) is 4.79 Å². The van der Waals surface area contributed by atoms with E-state index in [1.54, 1.807) is 17.0 Å². The lowest BCUT2D eigenvalue weighted by atomic mass is 9.89. The number of para-hydroxylation sites is 1. The normalized spacial score (nSPS) is 19.5. The molecule has 0 aromatic heterocycles. The second-order valence-electron chi connectivity index (χ2n) is 7.45. The van der Waals surface area contributed by atoms with Gasteiger partial charge in [0.15, 0.2) is 11.5 Å². The van der Waals surface area contributed by atoms with Crippen LogP contribution in [0.4, 0.5) is 4.39 Å². The molecule has 2 aliphatic rings. The van der Waals surface area contributed by atoms with Crippen LogP contribution in [0.15, 0.2) is 66.7 Å². The second kappa shape index (κ2) is 7.37. The number of likely N-dealkylation sites (tertiary alicyclic amines) is 1. The number of β-lactam (4-membered cyclic amide) rings is 1. The SMILES string of the molecule is Cc1ccccc1O[C@@H]1C(=O)N(Cc2ccc3c(c2)OCO3)[C@H]1c1ccc(F)cc1. The molecule has 3 aromatic carbocycles. The topological polar surface area (TPSA) is 48.0 Å². The Morgan fingerprint density at radius 2 is 1.80 bits per heavy atom. The van der Waals surface area contributed by atoms with E-state index in [4.69, 9.17) is 14.2 Å². The van der Waals surface area contributed by atoms with Crippen LogP contribution >= 0.6 is 0 Å². The Hall–Kier alpha value is -3.54. The molecule has 1 amide bonds. The fourth-order valence-corrected chi connectivity index (χ4v) is 3.88. The van der Waals surface area contributed by atoms with Gasteiger partial charge in [0, 0.05) is 6.54 Å². The summed E-state index contributed by atoms with van der Waals surface area (Å²) >= 11 is 0. The first kappa shape index (κ1) is 18.5. The van der Waals surface area contributed by atoms with Crippen LogP contribution in [0.25, 0.3) is 0 Å². The zero-order chi connectivity index (χ0) is 20.7. The summed E-state index contributed by atoms with van der Waals surface area (Å²) in [7, 11) is 0. The van der Waals surface area contributed by atoms with Crippen molar-refractivity contribution in [3.63, 3.8) is 0 Å². The van der Waals surface area contributed by atoms with Gasteiger partial charge in [0.2, 0.25) is 12.9 Å². The highest BCUT2D eigenvalue weighted by Gasteiger charge is 2.50. The fraction of sp³-hybridized carbons (Fsp3) is 0.208. The largest absolute Gasteiger partial charge is 0.478 e. The van der Waals surface area contributed by atoms with E-state index in [-0.39, 0.29) is 24.6 Å². The van der Waals surface area contributed by atoms with E-state index in [9.17, 15) is 9.18 Å². The average molecular weight is 405 g/mol. The number of fused-ring (bicyclic) bond motifs is 1. The molecule has 2 atom stereocenters. The minimum absolute atomic E-state index is 0.106. The number of hydrogen-bond acceptors (Lipinski definition) is 4. The Morgan fingerprint density at radius 1 is 1.03 bits per heavy atom. The van der Waals surface area contributed by atoms with Crippen LogP contribution in [0.2, 0.25) is 0 Å². The summed E-state index contributed by atoms with van der Waals surface area (Å²) < 4.78 is 30.4. The van der Waals surface area contributed by atoms with Crippen molar-refractivity contribution in [3.05, 3.63) is 89.2 Å². The van der Waals surface area contributed by atoms with Crippen molar-refractivity contribution in [1.82, 2.24) is 4.90 Å². The van der Waals surface area contributed by atoms with Crippen LogP contribution in [0.3, 0.4) is 0 Å². The van der Waals surface area contributed by atoms with Crippen molar-refractivity contribution >= 4 is 5.91 Å². The minimum atomic E-state index is -0.662. The minimum Gasteiger partial charge on any atom is -0.478 e. The number of amides is 1. The summed E-state index contributed by atoms with van der Waals surface area (Å²) in [5.74, 6) is 1.62. The molecule has 2 heterocycles. The highest BCUT2D eigenvalue weighted by atomic mass is 19.1. The third-order valence-corrected chi connectivity index (χ3v) is 5.50. The molecule has 152 valence electrons. The van der Waals surface area contributed by atoms with Crippen molar-refractivity contribution in [1.29, 1.82) is 0 Å². The van der Waals surface area contributed by atoms with Crippen LogP contribution in [-0.2, 0) is 11.3 Å². The van der Waals surface area contributed by atoms with Gasteiger partial charge >= 0.3 is 0 Å². The highest BCUT2D eigenvalue weighted by molar-refractivity contribution is 5.89. The van der Waals surface area contributed by atoms with Crippen molar-refractivity contribution in [3.8, 4) is 17.2 Å². The van der Waals surface area contributed by atoms with Gasteiger partial charge in [-0.15, -0.1) is 0 Å². The molecule has 2 aliphatic heterocycles. The molecule has 0 bridgehead atoms. The molecular weight excluding hydrogens is 385 g/mol. The average Bonchev–Trinajstić information content (AvgIpc) is 3.22. The maximum absolute atomic E-state index is 13.5. The van der Waals surface area contributed by atoms with Gasteiger partial charge in [-0.2, -0.15) is 0 Å². The zero-order valence-electron chi connectivity index (χ0n) is 16.4. The third-order valence-electron chi connectivity index (χ3n) is 5.50. The van der Waals surface area contributed by atoms with E-state index in [1.807, 2.05) is 49.4 Å². The van der Waals surface area contributed by atoms with E-state index in [0.717, 1.165) is 16.7 Å². The first-order valence-corrected chi connectivity index (χ1v) is 9.77. The zero-order valence-corrected chi connectivity index (χ0v) is 16.4. The smallest absolute Gasteiger partial charge is 0.267 e. The molecule has 0 unspecified atom stereocenters. The molecule has 0 spiro atoms. The van der Waals surface area contributed by atoms with Gasteiger partial charge in [0.25, 0.3) is 5.91 Å². The molecule has 1 saturated heterocycles. The van der Waals surface area contributed by atoms with Crippen molar-refractivity contribution in [2.24, 2.45) is 0 Å². The van der Waals surface area contributed by atoms with Crippen LogP contribution in [0.1, 0.15) is 22.7 Å². The monoisotopic (exact) mass is 405 g/mol. The Kier molecular flexibility index (Phi) is 4.54. The summed E-state index contributed by atoms with van der Waals surface area (Å²) in [6, 6.07) is 19.1. The maximum Gasteiger partial charge on any atom is 0.267 e. The van der Waals surface area contributed by atoms with Gasteiger partial charge in [-0.1, -0.05) is 36.4 Å². The number of rotatable bonds is 5. The van der Waals surface area contributed by atoms with Gasteiger partial charge in [-0.25, -0.2) is 4.39 Å². The van der Waals surface area contributed by atoms with Crippen LogP contribution < -0.4 is 14.2 Å². The van der Waals surface area contributed by atoms with Gasteiger partial charge < -0.3 is 19.1 Å². The van der Waals surface area contributed by atoms with E-state index < -0.39 is 6.10 Å². The summed E-state index contributed by atoms with van der Waals surface area (Å²) in [5.41, 5.74) is 2.71.